The predicted octanol–water partition coefficient (Wildman–Crippen LogP) is 1.54. The number of fused-ring (bicyclic) bond motifs is 1. The Morgan fingerprint density at radius 1 is 1.30 bits per heavy atom. The summed E-state index contributed by atoms with van der Waals surface area (Å²) in [5.74, 6) is -0.325. The van der Waals surface area contributed by atoms with Crippen LogP contribution in [0.15, 0.2) is 18.2 Å². The minimum atomic E-state index is -0.404. The number of anilines is 1. The molecule has 124 valence electrons. The van der Waals surface area contributed by atoms with Gasteiger partial charge in [-0.2, -0.15) is 0 Å². The highest BCUT2D eigenvalue weighted by atomic mass is 16.5. The Labute approximate surface area is 134 Å². The van der Waals surface area contributed by atoms with Crippen molar-refractivity contribution in [1.29, 1.82) is 0 Å². The number of ether oxygens (including phenoxy) is 3. The van der Waals surface area contributed by atoms with Crippen LogP contribution in [0.5, 0.6) is 5.75 Å². The number of nitrogens with zero attached hydrogens (tertiary/aromatic N) is 1. The summed E-state index contributed by atoms with van der Waals surface area (Å²) >= 11 is 0. The third-order valence-electron chi connectivity index (χ3n) is 3.34. The molecule has 0 saturated heterocycles. The summed E-state index contributed by atoms with van der Waals surface area (Å²) in [6, 6.07) is 4.84. The van der Waals surface area contributed by atoms with E-state index in [1.807, 2.05) is 0 Å². The second-order valence-corrected chi connectivity index (χ2v) is 4.94. The zero-order valence-electron chi connectivity index (χ0n) is 13.2. The van der Waals surface area contributed by atoms with Gasteiger partial charge < -0.3 is 14.2 Å². The lowest BCUT2D eigenvalue weighted by molar-refractivity contribution is -0.143. The van der Waals surface area contributed by atoms with Gasteiger partial charge in [-0.3, -0.25) is 19.3 Å². The van der Waals surface area contributed by atoms with Gasteiger partial charge in [0.1, 0.15) is 12.5 Å². The van der Waals surface area contributed by atoms with Crippen LogP contribution >= 0.6 is 0 Å². The van der Waals surface area contributed by atoms with Crippen molar-refractivity contribution >= 4 is 23.3 Å². The van der Waals surface area contributed by atoms with Crippen molar-refractivity contribution in [2.24, 2.45) is 0 Å². The molecule has 0 saturated carbocycles. The first-order chi connectivity index (χ1) is 11.1. The molecule has 1 amide bonds. The van der Waals surface area contributed by atoms with Gasteiger partial charge in [-0.15, -0.1) is 0 Å². The van der Waals surface area contributed by atoms with Crippen LogP contribution in [0.25, 0.3) is 0 Å². The maximum Gasteiger partial charge on any atom is 0.306 e. The molecule has 0 aromatic heterocycles. The van der Waals surface area contributed by atoms with Crippen molar-refractivity contribution in [2.45, 2.75) is 19.8 Å². The second kappa shape index (κ2) is 7.73. The summed E-state index contributed by atoms with van der Waals surface area (Å²) in [5.41, 5.74) is 0.900. The molecule has 0 atom stereocenters. The number of ketones is 1. The smallest absolute Gasteiger partial charge is 0.306 e. The van der Waals surface area contributed by atoms with Crippen LogP contribution in [0.2, 0.25) is 0 Å². The minimum absolute atomic E-state index is 0.0287. The van der Waals surface area contributed by atoms with Crippen LogP contribution in [0.3, 0.4) is 0 Å². The number of esters is 1. The summed E-state index contributed by atoms with van der Waals surface area (Å²) in [7, 11) is 1.48. The van der Waals surface area contributed by atoms with E-state index in [-0.39, 0.29) is 44.5 Å². The van der Waals surface area contributed by atoms with Crippen molar-refractivity contribution in [3.63, 3.8) is 0 Å². The zero-order chi connectivity index (χ0) is 16.8. The first-order valence-electron chi connectivity index (χ1n) is 7.31. The SMILES string of the molecule is CCOC(=O)CCC(=O)c1ccc2c(c1)N(COC)C(=O)CO2. The number of hydrogen-bond donors (Lipinski definition) is 0. The van der Waals surface area contributed by atoms with E-state index in [1.165, 1.54) is 12.0 Å². The number of Topliss-reactive ketones (excluding diaryl/α,β-unsaturated/α-hetero) is 1. The molecule has 0 bridgehead atoms. The summed E-state index contributed by atoms with van der Waals surface area (Å²) in [5, 5.41) is 0. The second-order valence-electron chi connectivity index (χ2n) is 4.94. The topological polar surface area (TPSA) is 82.1 Å². The number of benzene rings is 1. The fourth-order valence-corrected chi connectivity index (χ4v) is 2.24. The van der Waals surface area contributed by atoms with Crippen molar-refractivity contribution in [3.8, 4) is 5.75 Å². The normalized spacial score (nSPS) is 13.3. The number of amides is 1. The molecule has 0 N–H and O–H groups in total. The first-order valence-corrected chi connectivity index (χ1v) is 7.31. The lowest BCUT2D eigenvalue weighted by Crippen LogP contribution is -2.40. The Bertz CT molecular complexity index is 613. The molecule has 1 aliphatic heterocycles. The molecule has 1 aromatic carbocycles. The van der Waals surface area contributed by atoms with Gasteiger partial charge in [-0.05, 0) is 25.1 Å². The van der Waals surface area contributed by atoms with Crippen LogP contribution < -0.4 is 9.64 Å². The molecule has 7 heteroatoms. The molecule has 0 spiro atoms. The Morgan fingerprint density at radius 2 is 2.09 bits per heavy atom. The van der Waals surface area contributed by atoms with Crippen LogP contribution in [0, 0.1) is 0 Å². The molecular formula is C16H19NO6. The van der Waals surface area contributed by atoms with Crippen molar-refractivity contribution < 1.29 is 28.6 Å². The molecule has 0 aliphatic carbocycles. The van der Waals surface area contributed by atoms with Gasteiger partial charge in [0, 0.05) is 19.1 Å². The van der Waals surface area contributed by atoms with Crippen molar-refractivity contribution in [1.82, 2.24) is 0 Å². The first kappa shape index (κ1) is 17.0. The fraction of sp³-hybridized carbons (Fsp3) is 0.438. The van der Waals surface area contributed by atoms with Crippen LogP contribution in [0.1, 0.15) is 30.1 Å². The van der Waals surface area contributed by atoms with Crippen LogP contribution in [-0.4, -0.2) is 44.7 Å². The van der Waals surface area contributed by atoms with E-state index in [0.717, 1.165) is 0 Å². The maximum absolute atomic E-state index is 12.2. The van der Waals surface area contributed by atoms with Crippen LogP contribution in [0.4, 0.5) is 5.69 Å². The molecular weight excluding hydrogens is 302 g/mol. The van der Waals surface area contributed by atoms with Crippen molar-refractivity contribution in [3.05, 3.63) is 23.8 Å². The summed E-state index contributed by atoms with van der Waals surface area (Å²) in [6.45, 7) is 2.02. The van der Waals surface area contributed by atoms with Crippen LogP contribution in [-0.2, 0) is 19.1 Å². The molecule has 2 rings (SSSR count). The molecule has 0 fully saturated rings. The zero-order valence-corrected chi connectivity index (χ0v) is 13.2. The van der Waals surface area contributed by atoms with Gasteiger partial charge in [0.05, 0.1) is 18.7 Å². The lowest BCUT2D eigenvalue weighted by atomic mass is 10.0. The Kier molecular flexibility index (Phi) is 5.70. The number of carbonyl (C=O) groups is 3. The molecule has 1 heterocycles. The van der Waals surface area contributed by atoms with Gasteiger partial charge in [-0.25, -0.2) is 0 Å². The molecule has 1 aliphatic rings. The summed E-state index contributed by atoms with van der Waals surface area (Å²) in [4.78, 5) is 36.8. The van der Waals surface area contributed by atoms with E-state index in [9.17, 15) is 14.4 Å². The van der Waals surface area contributed by atoms with Gasteiger partial charge in [0.2, 0.25) is 0 Å². The van der Waals surface area contributed by atoms with Crippen molar-refractivity contribution in [2.75, 3.05) is 32.0 Å². The third-order valence-corrected chi connectivity index (χ3v) is 3.34. The van der Waals surface area contributed by atoms with E-state index in [1.54, 1.807) is 25.1 Å². The number of methoxy groups -OCH3 is 1. The van der Waals surface area contributed by atoms with Gasteiger partial charge >= 0.3 is 5.97 Å². The largest absolute Gasteiger partial charge is 0.482 e. The van der Waals surface area contributed by atoms with Gasteiger partial charge in [0.15, 0.2) is 12.4 Å². The standard InChI is InChI=1S/C16H19NO6/c1-3-22-16(20)7-5-13(18)11-4-6-14-12(8-11)17(10-21-2)15(19)9-23-14/h4,6,8H,3,5,7,9-10H2,1-2H3. The van der Waals surface area contributed by atoms with Gasteiger partial charge in [0.25, 0.3) is 5.91 Å². The van der Waals surface area contributed by atoms with Gasteiger partial charge in [-0.1, -0.05) is 0 Å². The Morgan fingerprint density at radius 3 is 2.78 bits per heavy atom. The lowest BCUT2D eigenvalue weighted by Gasteiger charge is -2.28. The highest BCUT2D eigenvalue weighted by Crippen LogP contribution is 2.33. The molecule has 0 radical (unpaired) electrons. The number of rotatable bonds is 7. The highest BCUT2D eigenvalue weighted by Gasteiger charge is 2.26. The summed E-state index contributed by atoms with van der Waals surface area (Å²) in [6.07, 6.45) is 0.0810. The minimum Gasteiger partial charge on any atom is -0.482 e. The molecule has 23 heavy (non-hydrogen) atoms. The molecule has 1 aromatic rings. The molecule has 7 nitrogen and oxygen atoms in total. The average Bonchev–Trinajstić information content (AvgIpc) is 2.55. The third kappa shape index (κ3) is 4.07. The number of carbonyl (C=O) groups excluding carboxylic acids is 3. The van der Waals surface area contributed by atoms with E-state index in [4.69, 9.17) is 14.2 Å². The van der Waals surface area contributed by atoms with E-state index in [0.29, 0.717) is 17.0 Å². The fourth-order valence-electron chi connectivity index (χ4n) is 2.24. The maximum atomic E-state index is 12.2. The Balaban J connectivity index is 2.14. The molecule has 0 unspecified atom stereocenters. The average molecular weight is 321 g/mol. The number of hydrogen-bond acceptors (Lipinski definition) is 6. The monoisotopic (exact) mass is 321 g/mol. The quantitative estimate of drug-likeness (QED) is 0.560. The Hall–Kier alpha value is -2.41. The van der Waals surface area contributed by atoms with E-state index < -0.39 is 5.97 Å². The predicted molar refractivity (Wildman–Crippen MR) is 81.5 cm³/mol. The van der Waals surface area contributed by atoms with E-state index >= 15 is 0 Å². The highest BCUT2D eigenvalue weighted by molar-refractivity contribution is 6.02. The summed E-state index contributed by atoms with van der Waals surface area (Å²) < 4.78 is 15.2. The van der Waals surface area contributed by atoms with E-state index in [2.05, 4.69) is 0 Å².